The van der Waals surface area contributed by atoms with Crippen molar-refractivity contribution in [3.05, 3.63) is 68.5 Å². The molecule has 0 N–H and O–H groups in total. The second-order valence-electron chi connectivity index (χ2n) is 6.83. The summed E-state index contributed by atoms with van der Waals surface area (Å²) in [5.74, 6) is -0.727. The van der Waals surface area contributed by atoms with Crippen molar-refractivity contribution in [1.82, 2.24) is 0 Å². The Hall–Kier alpha value is 1.92. The third kappa shape index (κ3) is 11.2. The lowest BCUT2D eigenvalue weighted by Gasteiger charge is -2.15. The average Bonchev–Trinajstić information content (AvgIpc) is 2.87. The number of rotatable bonds is 7. The van der Waals surface area contributed by atoms with E-state index in [0.29, 0.717) is 0 Å². The smallest absolute Gasteiger partial charge is 0.330 e. The molecule has 0 saturated carbocycles. The molecule has 0 radical (unpaired) electrons. The number of carbonyl (C=O) groups excluding carboxylic acids is 2. The molecule has 1 unspecified atom stereocenters. The van der Waals surface area contributed by atoms with Gasteiger partial charge in [-0.2, -0.15) is 0 Å². The van der Waals surface area contributed by atoms with Gasteiger partial charge >= 0.3 is 11.9 Å². The van der Waals surface area contributed by atoms with Crippen molar-refractivity contribution in [3.8, 4) is 0 Å². The number of hydrogen-bond donors (Lipinski definition) is 0. The van der Waals surface area contributed by atoms with Crippen molar-refractivity contribution in [2.75, 3.05) is 0 Å². The molecule has 38 heavy (non-hydrogen) atoms. The van der Waals surface area contributed by atoms with E-state index in [-0.39, 0.29) is 40.0 Å². The van der Waals surface area contributed by atoms with E-state index >= 15 is 0 Å². The summed E-state index contributed by atoms with van der Waals surface area (Å²) >= 11 is 34.6. The quantitative estimate of drug-likeness (QED) is 0.120. The minimum Gasteiger partial charge on any atom is -0.461 e. The Kier molecular flexibility index (Phi) is 22.1. The number of esters is 2. The van der Waals surface area contributed by atoms with Gasteiger partial charge in [-0.1, -0.05) is 35.3 Å². The number of ether oxygens (including phenoxy) is 2. The maximum Gasteiger partial charge on any atom is 0.330 e. The summed E-state index contributed by atoms with van der Waals surface area (Å²) < 4.78 is 18.9. The van der Waals surface area contributed by atoms with Gasteiger partial charge in [0.15, 0.2) is 0 Å². The Morgan fingerprint density at radius 1 is 0.658 bits per heavy atom. The minimum atomic E-state index is -0.459. The minimum absolute atomic E-state index is 0. The zero-order valence-corrected chi connectivity index (χ0v) is 34.3. The monoisotopic (exact) mass is 1170 g/mol. The Morgan fingerprint density at radius 3 is 1.24 bits per heavy atom. The van der Waals surface area contributed by atoms with Crippen LogP contribution in [0.15, 0.2) is 57.4 Å². The zero-order chi connectivity index (χ0) is 27.9. The van der Waals surface area contributed by atoms with Crippen LogP contribution < -0.4 is 0 Å². The number of benzene rings is 2. The molecule has 0 aromatic heterocycles. The van der Waals surface area contributed by atoms with Crippen LogP contribution in [0, 0.1) is 5.92 Å². The van der Waals surface area contributed by atoms with Gasteiger partial charge in [-0.05, 0) is 166 Å². The van der Waals surface area contributed by atoms with Crippen molar-refractivity contribution in [2.45, 2.75) is 48.3 Å². The molecule has 0 amide bonds. The fourth-order valence-electron chi connectivity index (χ4n) is 2.21. The predicted molar refractivity (Wildman–Crippen MR) is 193 cm³/mol. The van der Waals surface area contributed by atoms with Crippen LogP contribution >= 0.6 is 159 Å². The first kappa shape index (κ1) is 42.1. The van der Waals surface area contributed by atoms with Crippen molar-refractivity contribution in [1.29, 1.82) is 0 Å². The van der Waals surface area contributed by atoms with Crippen molar-refractivity contribution < 1.29 is 19.1 Å². The lowest BCUT2D eigenvalue weighted by Crippen LogP contribution is -2.14. The van der Waals surface area contributed by atoms with Crippen LogP contribution in [-0.2, 0) is 32.3 Å². The molecule has 0 aliphatic heterocycles. The van der Waals surface area contributed by atoms with Gasteiger partial charge in [0.2, 0.25) is 0 Å². The summed E-state index contributed by atoms with van der Waals surface area (Å²) in [5.41, 5.74) is 1.70. The predicted octanol–water partition coefficient (Wildman–Crippen LogP) is 13.6. The Bertz CT molecular complexity index is 1110. The van der Waals surface area contributed by atoms with Gasteiger partial charge in [-0.15, -0.1) is 0 Å². The summed E-state index contributed by atoms with van der Waals surface area (Å²) in [6, 6.07) is 0. The summed E-state index contributed by atoms with van der Waals surface area (Å²) in [6.45, 7) is 7.53. The number of halogens is 10. The van der Waals surface area contributed by atoms with Crippen LogP contribution in [-0.4, -0.2) is 11.9 Å². The normalized spacial score (nSPS) is 10.7. The molecule has 214 valence electrons. The first-order valence-corrected chi connectivity index (χ1v) is 17.6. The molecular weight excluding hydrogens is 1150 g/mol. The van der Waals surface area contributed by atoms with Gasteiger partial charge in [-0.3, -0.25) is 4.79 Å². The molecule has 0 spiro atoms. The van der Waals surface area contributed by atoms with E-state index in [1.165, 1.54) is 0 Å². The summed E-state index contributed by atoms with van der Waals surface area (Å²) in [6.07, 6.45) is 1.90. The standard InChI is InChI=1S/C12H11Br5O2.C10H5Br5O2.2CH4/c1-3-5(2)12(18)19-4-6-7(13)9(15)11(17)10(16)8(6)14;1-2-5(16)17-3-4-6(11)8(13)10(15)9(14)7(4)12;;/h5H,3-4H2,1-2H3;2H,1,3H2;2*1H4. The second kappa shape index (κ2) is 20.0. The molecule has 1 atom stereocenters. The van der Waals surface area contributed by atoms with E-state index in [4.69, 9.17) is 9.47 Å². The molecule has 0 saturated heterocycles. The highest BCUT2D eigenvalue weighted by molar-refractivity contribution is 9.16. The van der Waals surface area contributed by atoms with Crippen LogP contribution in [0.25, 0.3) is 0 Å². The molecule has 2 aromatic carbocycles. The Morgan fingerprint density at radius 2 is 0.947 bits per heavy atom. The third-order valence-corrected chi connectivity index (χ3v) is 17.0. The second-order valence-corrected chi connectivity index (χ2v) is 14.8. The third-order valence-electron chi connectivity index (χ3n) is 4.50. The highest BCUT2D eigenvalue weighted by Gasteiger charge is 2.20. The zero-order valence-electron chi connectivity index (χ0n) is 18.4. The molecule has 0 aliphatic carbocycles. The van der Waals surface area contributed by atoms with Crippen LogP contribution in [0.2, 0.25) is 0 Å². The van der Waals surface area contributed by atoms with Gasteiger partial charge < -0.3 is 9.47 Å². The van der Waals surface area contributed by atoms with Crippen molar-refractivity contribution in [3.63, 3.8) is 0 Å². The van der Waals surface area contributed by atoms with Gasteiger partial charge in [0.1, 0.15) is 13.2 Å². The van der Waals surface area contributed by atoms with Crippen LogP contribution in [0.3, 0.4) is 0 Å². The first-order valence-electron chi connectivity index (χ1n) is 9.67. The molecule has 0 heterocycles. The van der Waals surface area contributed by atoms with E-state index in [9.17, 15) is 9.59 Å². The summed E-state index contributed by atoms with van der Waals surface area (Å²) in [5, 5.41) is 0. The molecule has 0 bridgehead atoms. The van der Waals surface area contributed by atoms with Crippen molar-refractivity contribution >= 4 is 171 Å². The molecule has 4 nitrogen and oxygen atoms in total. The lowest BCUT2D eigenvalue weighted by molar-refractivity contribution is -0.149. The SMILES string of the molecule is C.C.C=CC(=O)OCc1c(Br)c(Br)c(Br)c(Br)c1Br.CCC(C)C(=O)OCc1c(Br)c(Br)c(Br)c(Br)c1Br. The summed E-state index contributed by atoms with van der Waals surface area (Å²) in [4.78, 5) is 22.8. The molecule has 0 aliphatic rings. The van der Waals surface area contributed by atoms with E-state index in [2.05, 4.69) is 166 Å². The molecule has 2 rings (SSSR count). The topological polar surface area (TPSA) is 52.6 Å². The molecule has 0 fully saturated rings. The average molecular weight is 1180 g/mol. The summed E-state index contributed by atoms with van der Waals surface area (Å²) in [7, 11) is 0. The van der Waals surface area contributed by atoms with Crippen molar-refractivity contribution in [2.24, 2.45) is 5.92 Å². The van der Waals surface area contributed by atoms with Crippen LogP contribution in [0.1, 0.15) is 46.2 Å². The van der Waals surface area contributed by atoms with Crippen LogP contribution in [0.4, 0.5) is 0 Å². The molecule has 14 heteroatoms. The lowest BCUT2D eigenvalue weighted by atomic mass is 10.1. The van der Waals surface area contributed by atoms with E-state index < -0.39 is 5.97 Å². The van der Waals surface area contributed by atoms with E-state index in [0.717, 1.165) is 68.4 Å². The van der Waals surface area contributed by atoms with Gasteiger partial charge in [0, 0.05) is 61.9 Å². The van der Waals surface area contributed by atoms with Crippen LogP contribution in [0.5, 0.6) is 0 Å². The van der Waals surface area contributed by atoms with E-state index in [1.807, 2.05) is 13.8 Å². The Labute approximate surface area is 308 Å². The maximum absolute atomic E-state index is 11.7. The van der Waals surface area contributed by atoms with Gasteiger partial charge in [0.25, 0.3) is 0 Å². The molecular formula is C24H24Br10O4. The van der Waals surface area contributed by atoms with Gasteiger partial charge in [0.05, 0.1) is 5.92 Å². The highest BCUT2D eigenvalue weighted by Crippen LogP contribution is 2.45. The molecule has 2 aromatic rings. The maximum atomic E-state index is 11.7. The number of hydrogen-bond acceptors (Lipinski definition) is 4. The highest BCUT2D eigenvalue weighted by atomic mass is 79.9. The Balaban J connectivity index is 0. The number of carbonyl (C=O) groups is 2. The fourth-order valence-corrected chi connectivity index (χ4v) is 8.92. The fraction of sp³-hybridized carbons (Fsp3) is 0.333. The van der Waals surface area contributed by atoms with Gasteiger partial charge in [-0.25, -0.2) is 4.79 Å². The van der Waals surface area contributed by atoms with E-state index in [1.54, 1.807) is 0 Å². The largest absolute Gasteiger partial charge is 0.461 e. The first-order chi connectivity index (χ1) is 16.7.